The van der Waals surface area contributed by atoms with Crippen LogP contribution in [0, 0.1) is 13.8 Å². The lowest BCUT2D eigenvalue weighted by Gasteiger charge is -2.33. The average Bonchev–Trinajstić information content (AvgIpc) is 3.05. The molecule has 0 bridgehead atoms. The number of ketones is 1. The molecule has 1 aliphatic carbocycles. The number of fused-ring (bicyclic) bond motifs is 1. The van der Waals surface area contributed by atoms with Crippen molar-refractivity contribution in [2.75, 3.05) is 5.32 Å². The Labute approximate surface area is 183 Å². The monoisotopic (exact) mass is 463 g/mol. The highest BCUT2D eigenvalue weighted by molar-refractivity contribution is 9.10. The van der Waals surface area contributed by atoms with Crippen LogP contribution in [0.5, 0.6) is 5.75 Å². The van der Waals surface area contributed by atoms with E-state index in [0.29, 0.717) is 6.42 Å². The van der Waals surface area contributed by atoms with Crippen molar-refractivity contribution >= 4 is 27.5 Å². The number of aromatic hydroxyl groups is 1. The van der Waals surface area contributed by atoms with Crippen LogP contribution in [0.3, 0.4) is 0 Å². The summed E-state index contributed by atoms with van der Waals surface area (Å²) in [6.07, 6.45) is 2.17. The molecule has 3 aromatic rings. The molecule has 30 heavy (non-hydrogen) atoms. The van der Waals surface area contributed by atoms with Gasteiger partial charge in [0, 0.05) is 39.2 Å². The Morgan fingerprint density at radius 2 is 1.90 bits per heavy atom. The normalized spacial score (nSPS) is 18.1. The third-order valence-electron chi connectivity index (χ3n) is 5.99. The van der Waals surface area contributed by atoms with Gasteiger partial charge in [-0.2, -0.15) is 5.10 Å². The van der Waals surface area contributed by atoms with Gasteiger partial charge in [0.15, 0.2) is 5.78 Å². The van der Waals surface area contributed by atoms with Crippen LogP contribution in [-0.4, -0.2) is 20.7 Å². The summed E-state index contributed by atoms with van der Waals surface area (Å²) in [5, 5.41) is 19.1. The van der Waals surface area contributed by atoms with Crippen molar-refractivity contribution in [3.05, 3.63) is 80.6 Å². The third kappa shape index (κ3) is 2.98. The van der Waals surface area contributed by atoms with Crippen LogP contribution in [0.15, 0.2) is 58.2 Å². The van der Waals surface area contributed by atoms with E-state index in [0.717, 1.165) is 56.9 Å². The summed E-state index contributed by atoms with van der Waals surface area (Å²) in [5.41, 5.74) is 6.35. The molecule has 6 heteroatoms. The Bertz CT molecular complexity index is 1210. The zero-order valence-corrected chi connectivity index (χ0v) is 18.5. The Morgan fingerprint density at radius 1 is 1.13 bits per heavy atom. The quantitative estimate of drug-likeness (QED) is 0.524. The fourth-order valence-corrected chi connectivity index (χ4v) is 4.94. The zero-order valence-electron chi connectivity index (χ0n) is 16.9. The largest absolute Gasteiger partial charge is 0.508 e. The molecule has 2 heterocycles. The first-order valence-electron chi connectivity index (χ1n) is 10.1. The number of aryl methyl sites for hydroxylation is 2. The SMILES string of the molecule is Cc1ccc(-n2nc(C)c3c2NC2=C(C(=O)CCC2)[C@@H]3c2cc(Br)ccc2O)cc1. The number of hydrogen-bond donors (Lipinski definition) is 2. The predicted molar refractivity (Wildman–Crippen MR) is 120 cm³/mol. The van der Waals surface area contributed by atoms with Crippen molar-refractivity contribution in [2.24, 2.45) is 0 Å². The number of phenols is 1. The molecule has 0 fully saturated rings. The highest BCUT2D eigenvalue weighted by Gasteiger charge is 2.39. The van der Waals surface area contributed by atoms with Gasteiger partial charge >= 0.3 is 0 Å². The van der Waals surface area contributed by atoms with Crippen LogP contribution in [0.1, 0.15) is 47.6 Å². The number of carbonyl (C=O) groups is 1. The second-order valence-corrected chi connectivity index (χ2v) is 8.94. The van der Waals surface area contributed by atoms with Crippen LogP contribution in [-0.2, 0) is 4.79 Å². The summed E-state index contributed by atoms with van der Waals surface area (Å²) in [7, 11) is 0. The standard InChI is InChI=1S/C24H22BrN3O2/c1-13-6-9-16(10-7-13)28-24-21(14(2)27-28)22(17-12-15(25)8-11-19(17)29)23-18(26-24)4-3-5-20(23)30/h6-12,22,26,29H,3-5H2,1-2H3/t22-/m1/s1. The minimum atomic E-state index is -0.347. The molecule has 1 atom stereocenters. The molecule has 2 aromatic carbocycles. The number of nitrogens with zero attached hydrogens (tertiary/aromatic N) is 2. The molecule has 0 saturated carbocycles. The van der Waals surface area contributed by atoms with E-state index in [-0.39, 0.29) is 17.5 Å². The molecule has 0 spiro atoms. The number of anilines is 1. The average molecular weight is 464 g/mol. The minimum absolute atomic E-state index is 0.140. The van der Waals surface area contributed by atoms with E-state index in [1.54, 1.807) is 12.1 Å². The fourth-order valence-electron chi connectivity index (χ4n) is 4.56. The smallest absolute Gasteiger partial charge is 0.161 e. The van der Waals surface area contributed by atoms with Crippen LogP contribution >= 0.6 is 15.9 Å². The van der Waals surface area contributed by atoms with Crippen molar-refractivity contribution in [3.8, 4) is 11.4 Å². The van der Waals surface area contributed by atoms with Gasteiger partial charge in [-0.25, -0.2) is 4.68 Å². The van der Waals surface area contributed by atoms with Crippen LogP contribution in [0.4, 0.5) is 5.82 Å². The molecule has 0 saturated heterocycles. The van der Waals surface area contributed by atoms with E-state index in [9.17, 15) is 9.90 Å². The molecule has 1 aliphatic heterocycles. The van der Waals surface area contributed by atoms with Crippen LogP contribution in [0.25, 0.3) is 5.69 Å². The topological polar surface area (TPSA) is 67.2 Å². The second-order valence-electron chi connectivity index (χ2n) is 8.03. The van der Waals surface area contributed by atoms with Crippen molar-refractivity contribution in [3.63, 3.8) is 0 Å². The lowest BCUT2D eigenvalue weighted by atomic mass is 9.76. The number of phenolic OH excluding ortho intramolecular Hbond substituents is 1. The van der Waals surface area contributed by atoms with E-state index < -0.39 is 0 Å². The zero-order chi connectivity index (χ0) is 21.0. The third-order valence-corrected chi connectivity index (χ3v) is 6.48. The number of halogens is 1. The Kier molecular flexibility index (Phi) is 4.54. The molecule has 5 nitrogen and oxygen atoms in total. The number of nitrogens with one attached hydrogen (secondary N) is 1. The predicted octanol–water partition coefficient (Wildman–Crippen LogP) is 5.52. The van der Waals surface area contributed by atoms with Gasteiger partial charge in [0.1, 0.15) is 11.6 Å². The molecule has 0 unspecified atom stereocenters. The number of rotatable bonds is 2. The molecule has 1 aromatic heterocycles. The Hall–Kier alpha value is -2.86. The summed E-state index contributed by atoms with van der Waals surface area (Å²) >= 11 is 3.52. The van der Waals surface area contributed by atoms with Gasteiger partial charge < -0.3 is 10.4 Å². The maximum absolute atomic E-state index is 13.0. The van der Waals surface area contributed by atoms with E-state index >= 15 is 0 Å². The van der Waals surface area contributed by atoms with Gasteiger partial charge in [0.25, 0.3) is 0 Å². The maximum atomic E-state index is 13.0. The highest BCUT2D eigenvalue weighted by Crippen LogP contribution is 2.49. The molecule has 0 amide bonds. The molecule has 152 valence electrons. The highest BCUT2D eigenvalue weighted by atomic mass is 79.9. The molecular weight excluding hydrogens is 442 g/mol. The lowest BCUT2D eigenvalue weighted by Crippen LogP contribution is -2.27. The maximum Gasteiger partial charge on any atom is 0.161 e. The van der Waals surface area contributed by atoms with Gasteiger partial charge in [-0.15, -0.1) is 0 Å². The summed E-state index contributed by atoms with van der Waals surface area (Å²) in [6, 6.07) is 13.6. The second kappa shape index (κ2) is 7.13. The number of benzene rings is 2. The number of allylic oxidation sites excluding steroid dienone is 2. The van der Waals surface area contributed by atoms with Crippen LogP contribution in [0.2, 0.25) is 0 Å². The van der Waals surface area contributed by atoms with Crippen molar-refractivity contribution in [1.29, 1.82) is 0 Å². The van der Waals surface area contributed by atoms with E-state index in [1.807, 2.05) is 29.8 Å². The Morgan fingerprint density at radius 3 is 2.67 bits per heavy atom. The molecule has 5 rings (SSSR count). The van der Waals surface area contributed by atoms with E-state index in [2.05, 4.69) is 40.3 Å². The van der Waals surface area contributed by atoms with Gasteiger partial charge in [0.05, 0.1) is 11.4 Å². The number of Topliss-reactive ketones (excluding diaryl/α,β-unsaturated/α-hetero) is 1. The van der Waals surface area contributed by atoms with Crippen molar-refractivity contribution in [2.45, 2.75) is 39.0 Å². The molecule has 2 aliphatic rings. The first-order valence-corrected chi connectivity index (χ1v) is 10.9. The molecule has 0 radical (unpaired) electrons. The lowest BCUT2D eigenvalue weighted by molar-refractivity contribution is -0.116. The number of aromatic nitrogens is 2. The first kappa shape index (κ1) is 19.1. The van der Waals surface area contributed by atoms with Crippen LogP contribution < -0.4 is 5.32 Å². The molecule has 2 N–H and O–H groups in total. The summed E-state index contributed by atoms with van der Waals surface area (Å²) < 4.78 is 2.78. The van der Waals surface area contributed by atoms with Gasteiger partial charge in [-0.05, 0) is 57.0 Å². The fraction of sp³-hybridized carbons (Fsp3) is 0.250. The summed E-state index contributed by atoms with van der Waals surface area (Å²) in [6.45, 7) is 4.02. The molecular formula is C24H22BrN3O2. The Balaban J connectivity index is 1.77. The number of carbonyl (C=O) groups excluding carboxylic acids is 1. The van der Waals surface area contributed by atoms with Crippen molar-refractivity contribution < 1.29 is 9.90 Å². The van der Waals surface area contributed by atoms with Gasteiger partial charge in [0.2, 0.25) is 0 Å². The van der Waals surface area contributed by atoms with Gasteiger partial charge in [-0.3, -0.25) is 4.79 Å². The van der Waals surface area contributed by atoms with Crippen molar-refractivity contribution in [1.82, 2.24) is 9.78 Å². The minimum Gasteiger partial charge on any atom is -0.508 e. The van der Waals surface area contributed by atoms with E-state index in [4.69, 9.17) is 5.10 Å². The first-order chi connectivity index (χ1) is 14.4. The van der Waals surface area contributed by atoms with Gasteiger partial charge in [-0.1, -0.05) is 33.6 Å². The van der Waals surface area contributed by atoms with E-state index in [1.165, 1.54) is 5.56 Å². The number of hydrogen-bond acceptors (Lipinski definition) is 4. The summed E-state index contributed by atoms with van der Waals surface area (Å²) in [4.78, 5) is 13.0. The summed E-state index contributed by atoms with van der Waals surface area (Å²) in [5.74, 6) is 0.847.